The van der Waals surface area contributed by atoms with Crippen LogP contribution in [-0.4, -0.2) is 29.1 Å². The number of rotatable bonds is 4. The molecule has 1 aliphatic rings. The zero-order chi connectivity index (χ0) is 22.0. The van der Waals surface area contributed by atoms with E-state index in [9.17, 15) is 9.90 Å². The molecule has 1 atom stereocenters. The summed E-state index contributed by atoms with van der Waals surface area (Å²) < 4.78 is 5.97. The minimum atomic E-state index is -0.852. The van der Waals surface area contributed by atoms with Crippen LogP contribution in [0, 0.1) is 0 Å². The summed E-state index contributed by atoms with van der Waals surface area (Å²) in [6, 6.07) is 23.7. The lowest BCUT2D eigenvalue weighted by Gasteiger charge is -2.29. The Morgan fingerprint density at radius 2 is 1.74 bits per heavy atom. The number of carboxylic acid groups (broad SMARTS) is 1. The maximum Gasteiger partial charge on any atom is 0.325 e. The van der Waals surface area contributed by atoms with Crippen LogP contribution in [0.3, 0.4) is 0 Å². The molecule has 4 nitrogen and oxygen atoms in total. The smallest absolute Gasteiger partial charge is 0.325 e. The molecule has 0 fully saturated rings. The monoisotopic (exact) mass is 415 g/mol. The molecule has 0 radical (unpaired) electrons. The van der Waals surface area contributed by atoms with Crippen LogP contribution in [0.5, 0.6) is 5.75 Å². The molecule has 0 amide bonds. The Bertz CT molecular complexity index is 1070. The second-order valence-electron chi connectivity index (χ2n) is 9.09. The summed E-state index contributed by atoms with van der Waals surface area (Å²) in [4.78, 5) is 14.5. The molecule has 0 saturated heterocycles. The number of fused-ring (bicyclic) bond motifs is 1. The Hall–Kier alpha value is -3.11. The molecule has 0 aliphatic carbocycles. The molecule has 3 aromatic rings. The van der Waals surface area contributed by atoms with E-state index in [4.69, 9.17) is 4.74 Å². The van der Waals surface area contributed by atoms with Crippen LogP contribution < -0.4 is 4.74 Å². The summed E-state index contributed by atoms with van der Waals surface area (Å²) >= 11 is 0. The van der Waals surface area contributed by atoms with Crippen LogP contribution >= 0.6 is 0 Å². The lowest BCUT2D eigenvalue weighted by molar-refractivity contribution is -0.143. The van der Waals surface area contributed by atoms with Gasteiger partial charge in [0.05, 0.1) is 0 Å². The predicted molar refractivity (Wildman–Crippen MR) is 123 cm³/mol. The molecule has 4 rings (SSSR count). The van der Waals surface area contributed by atoms with Crippen LogP contribution in [0.4, 0.5) is 0 Å². The minimum absolute atomic E-state index is 0.0743. The fraction of sp³-hybridized carbons (Fsp3) is 0.296. The van der Waals surface area contributed by atoms with E-state index >= 15 is 0 Å². The number of benzene rings is 3. The van der Waals surface area contributed by atoms with Gasteiger partial charge >= 0.3 is 5.97 Å². The molecule has 160 valence electrons. The van der Waals surface area contributed by atoms with Gasteiger partial charge in [-0.1, -0.05) is 81.4 Å². The zero-order valence-electron chi connectivity index (χ0n) is 18.3. The summed E-state index contributed by atoms with van der Waals surface area (Å²) in [5.74, 6) is -0.186. The Labute approximate surface area is 184 Å². The third-order valence-corrected chi connectivity index (χ3v) is 5.88. The van der Waals surface area contributed by atoms with Crippen LogP contribution in [-0.2, 0) is 16.8 Å². The molecule has 0 aromatic heterocycles. The highest BCUT2D eigenvalue weighted by atomic mass is 16.5. The van der Waals surface area contributed by atoms with E-state index in [0.717, 1.165) is 27.8 Å². The van der Waals surface area contributed by atoms with Gasteiger partial charge in [-0.05, 0) is 39.8 Å². The predicted octanol–water partition coefficient (Wildman–Crippen LogP) is 5.67. The largest absolute Gasteiger partial charge is 0.492 e. The van der Waals surface area contributed by atoms with E-state index < -0.39 is 12.0 Å². The third kappa shape index (κ3) is 4.49. The first-order valence-electron chi connectivity index (χ1n) is 10.7. The molecule has 1 N–H and O–H groups in total. The van der Waals surface area contributed by atoms with Crippen molar-refractivity contribution in [2.75, 3.05) is 13.2 Å². The first kappa shape index (κ1) is 21.1. The van der Waals surface area contributed by atoms with Crippen molar-refractivity contribution in [2.45, 2.75) is 38.8 Å². The van der Waals surface area contributed by atoms with Gasteiger partial charge in [0.1, 0.15) is 18.4 Å². The maximum absolute atomic E-state index is 12.5. The van der Waals surface area contributed by atoms with Gasteiger partial charge in [-0.2, -0.15) is 0 Å². The second-order valence-corrected chi connectivity index (χ2v) is 9.09. The van der Waals surface area contributed by atoms with E-state index in [2.05, 4.69) is 45.0 Å². The van der Waals surface area contributed by atoms with E-state index in [0.29, 0.717) is 25.4 Å². The Morgan fingerprint density at radius 3 is 2.45 bits per heavy atom. The van der Waals surface area contributed by atoms with Gasteiger partial charge in [-0.3, -0.25) is 9.69 Å². The van der Waals surface area contributed by atoms with Crippen molar-refractivity contribution in [1.82, 2.24) is 4.90 Å². The Balaban J connectivity index is 1.74. The minimum Gasteiger partial charge on any atom is -0.492 e. The van der Waals surface area contributed by atoms with Gasteiger partial charge in [0.2, 0.25) is 0 Å². The summed E-state index contributed by atoms with van der Waals surface area (Å²) in [6.45, 7) is 7.94. The summed E-state index contributed by atoms with van der Waals surface area (Å²) in [5.41, 5.74) is 5.12. The van der Waals surface area contributed by atoms with Crippen molar-refractivity contribution in [3.8, 4) is 16.9 Å². The zero-order valence-corrected chi connectivity index (χ0v) is 18.3. The second kappa shape index (κ2) is 8.56. The Kier molecular flexibility index (Phi) is 5.84. The van der Waals surface area contributed by atoms with Gasteiger partial charge in [0.15, 0.2) is 0 Å². The first-order valence-corrected chi connectivity index (χ1v) is 10.7. The number of aliphatic carboxylic acids is 1. The highest BCUT2D eigenvalue weighted by Crippen LogP contribution is 2.37. The van der Waals surface area contributed by atoms with Crippen molar-refractivity contribution in [2.24, 2.45) is 0 Å². The highest BCUT2D eigenvalue weighted by Gasteiger charge is 2.33. The highest BCUT2D eigenvalue weighted by molar-refractivity contribution is 5.77. The summed E-state index contributed by atoms with van der Waals surface area (Å²) in [6.07, 6.45) is 0. The standard InChI is InChI=1S/C27H29NO3/c1-27(2,3)21-13-14-24-23(17-21)25(26(29)30)28(15-16-31-24)18-20-11-7-8-12-22(20)19-9-5-4-6-10-19/h4-14,17,25H,15-16,18H2,1-3H3,(H,29,30). The van der Waals surface area contributed by atoms with Crippen LogP contribution in [0.25, 0.3) is 11.1 Å². The van der Waals surface area contributed by atoms with E-state index in [1.807, 2.05) is 53.4 Å². The van der Waals surface area contributed by atoms with Crippen LogP contribution in [0.15, 0.2) is 72.8 Å². The van der Waals surface area contributed by atoms with Crippen molar-refractivity contribution in [1.29, 1.82) is 0 Å². The number of carbonyl (C=O) groups is 1. The van der Waals surface area contributed by atoms with Gasteiger partial charge < -0.3 is 9.84 Å². The normalized spacial score (nSPS) is 16.8. The SMILES string of the molecule is CC(C)(C)c1ccc2c(c1)C(C(=O)O)N(Cc1ccccc1-c1ccccc1)CCO2. The van der Waals surface area contributed by atoms with Crippen molar-refractivity contribution >= 4 is 5.97 Å². The molecule has 0 saturated carbocycles. The van der Waals surface area contributed by atoms with Gasteiger partial charge in [0.25, 0.3) is 0 Å². The fourth-order valence-electron chi connectivity index (χ4n) is 4.19. The first-order chi connectivity index (χ1) is 14.8. The summed E-state index contributed by atoms with van der Waals surface area (Å²) in [5, 5.41) is 10.2. The summed E-state index contributed by atoms with van der Waals surface area (Å²) in [7, 11) is 0. The number of ether oxygens (including phenoxy) is 1. The van der Waals surface area contributed by atoms with Crippen molar-refractivity contribution < 1.29 is 14.6 Å². The van der Waals surface area contributed by atoms with Crippen molar-refractivity contribution in [3.05, 3.63) is 89.5 Å². The molecule has 1 aliphatic heterocycles. The molecular weight excluding hydrogens is 386 g/mol. The van der Waals surface area contributed by atoms with Gasteiger partial charge in [0, 0.05) is 18.7 Å². The number of hydrogen-bond donors (Lipinski definition) is 1. The number of hydrogen-bond acceptors (Lipinski definition) is 3. The van der Waals surface area contributed by atoms with E-state index in [1.54, 1.807) is 0 Å². The average molecular weight is 416 g/mol. The van der Waals surface area contributed by atoms with Crippen molar-refractivity contribution in [3.63, 3.8) is 0 Å². The fourth-order valence-corrected chi connectivity index (χ4v) is 4.19. The van der Waals surface area contributed by atoms with E-state index in [1.165, 1.54) is 0 Å². The molecule has 4 heteroatoms. The average Bonchev–Trinajstić information content (AvgIpc) is 2.92. The molecule has 0 bridgehead atoms. The Morgan fingerprint density at radius 1 is 1.03 bits per heavy atom. The lowest BCUT2D eigenvalue weighted by Crippen LogP contribution is -2.35. The topological polar surface area (TPSA) is 49.8 Å². The van der Waals surface area contributed by atoms with Crippen LogP contribution in [0.1, 0.15) is 43.5 Å². The number of carboxylic acids is 1. The molecule has 0 spiro atoms. The van der Waals surface area contributed by atoms with Gasteiger partial charge in [-0.15, -0.1) is 0 Å². The molecule has 31 heavy (non-hydrogen) atoms. The third-order valence-electron chi connectivity index (χ3n) is 5.88. The maximum atomic E-state index is 12.5. The van der Waals surface area contributed by atoms with Crippen LogP contribution in [0.2, 0.25) is 0 Å². The quantitative estimate of drug-likeness (QED) is 0.596. The lowest BCUT2D eigenvalue weighted by atomic mass is 9.85. The molecule has 1 unspecified atom stereocenters. The number of nitrogens with zero attached hydrogens (tertiary/aromatic N) is 1. The molecule has 3 aromatic carbocycles. The molecule has 1 heterocycles. The van der Waals surface area contributed by atoms with Gasteiger partial charge in [-0.25, -0.2) is 0 Å². The van der Waals surface area contributed by atoms with E-state index in [-0.39, 0.29) is 5.41 Å². The molecular formula is C27H29NO3.